The quantitative estimate of drug-likeness (QED) is 0.246. The maximum absolute atomic E-state index is 12.1. The van der Waals surface area contributed by atoms with Crippen LogP contribution in [0.15, 0.2) is 18.2 Å². The molecule has 1 aromatic rings. The van der Waals surface area contributed by atoms with Crippen LogP contribution in [0.1, 0.15) is 27.7 Å². The first-order valence-electron chi connectivity index (χ1n) is 7.36. The number of likely N-dealkylation sites (N-methyl/N-ethyl adjacent to an activating group) is 1. The van der Waals surface area contributed by atoms with E-state index in [1.54, 1.807) is 34.7 Å². The van der Waals surface area contributed by atoms with Crippen LogP contribution >= 0.6 is 12.6 Å². The van der Waals surface area contributed by atoms with Crippen LogP contribution in [0.2, 0.25) is 0 Å². The average Bonchev–Trinajstić information content (AvgIpc) is 2.45. The highest BCUT2D eigenvalue weighted by atomic mass is 32.1. The summed E-state index contributed by atoms with van der Waals surface area (Å²) in [5, 5.41) is 13.3. The summed E-state index contributed by atoms with van der Waals surface area (Å²) in [6, 6.07) is 3.74. The monoisotopic (exact) mass is 356 g/mol. The number of hydrogen-bond donors (Lipinski definition) is 3. The molecule has 1 amide bonds. The van der Waals surface area contributed by atoms with E-state index in [0.717, 1.165) is 0 Å². The highest BCUT2D eigenvalue weighted by molar-refractivity contribution is 7.81. The van der Waals surface area contributed by atoms with E-state index in [-0.39, 0.29) is 11.7 Å². The number of non-ortho nitro benzene ring substituents is 1. The lowest BCUT2D eigenvalue weighted by molar-refractivity contribution is -0.384. The molecular weight excluding hydrogens is 332 g/mol. The van der Waals surface area contributed by atoms with Crippen LogP contribution in [0.25, 0.3) is 0 Å². The van der Waals surface area contributed by atoms with Crippen LogP contribution in [0.4, 0.5) is 21.9 Å². The van der Waals surface area contributed by atoms with Gasteiger partial charge in [0, 0.05) is 19.2 Å². The van der Waals surface area contributed by atoms with E-state index in [1.165, 1.54) is 23.1 Å². The number of anilines is 2. The third kappa shape index (κ3) is 5.48. The summed E-state index contributed by atoms with van der Waals surface area (Å²) >= 11 is 4.43. The number of nitrogen functional groups attached to an aromatic ring is 1. The Balaban J connectivity index is 2.83. The van der Waals surface area contributed by atoms with Gasteiger partial charge >= 0.3 is 6.09 Å². The van der Waals surface area contributed by atoms with Crippen molar-refractivity contribution in [3.63, 3.8) is 0 Å². The molecule has 0 saturated heterocycles. The zero-order chi connectivity index (χ0) is 18.7. The molecule has 1 rings (SSSR count). The highest BCUT2D eigenvalue weighted by Crippen LogP contribution is 2.26. The number of nitro benzene ring substituents is 1. The molecule has 0 heterocycles. The molecule has 9 heteroatoms. The summed E-state index contributed by atoms with van der Waals surface area (Å²) in [7, 11) is 1.60. The largest absolute Gasteiger partial charge is 0.444 e. The van der Waals surface area contributed by atoms with Gasteiger partial charge in [-0.25, -0.2) is 4.79 Å². The molecule has 0 aliphatic carbocycles. The molecular formula is C15H24N4O4S. The van der Waals surface area contributed by atoms with E-state index in [2.05, 4.69) is 17.9 Å². The maximum Gasteiger partial charge on any atom is 0.410 e. The molecule has 0 aromatic heterocycles. The molecule has 0 saturated carbocycles. The summed E-state index contributed by atoms with van der Waals surface area (Å²) < 4.78 is 5.31. The van der Waals surface area contributed by atoms with Crippen molar-refractivity contribution in [1.29, 1.82) is 0 Å². The fraction of sp³-hybridized carbons (Fsp3) is 0.533. The number of nitrogens with one attached hydrogen (secondary N) is 1. The number of nitro groups is 1. The lowest BCUT2D eigenvalue weighted by atomic mass is 10.2. The fourth-order valence-corrected chi connectivity index (χ4v) is 2.11. The van der Waals surface area contributed by atoms with Gasteiger partial charge in [0.05, 0.1) is 27.7 Å². The number of nitrogens with zero attached hydrogens (tertiary/aromatic N) is 2. The Bertz CT molecular complexity index is 618. The van der Waals surface area contributed by atoms with Crippen LogP contribution in [0.3, 0.4) is 0 Å². The van der Waals surface area contributed by atoms with E-state index in [0.29, 0.717) is 11.4 Å². The summed E-state index contributed by atoms with van der Waals surface area (Å²) in [6.07, 6.45) is -0.483. The summed E-state index contributed by atoms with van der Waals surface area (Å²) in [5.74, 6) is 0. The number of benzene rings is 1. The van der Waals surface area contributed by atoms with Gasteiger partial charge in [0.1, 0.15) is 5.60 Å². The summed E-state index contributed by atoms with van der Waals surface area (Å²) in [4.78, 5) is 23.9. The van der Waals surface area contributed by atoms with Gasteiger partial charge < -0.3 is 20.7 Å². The Hall–Kier alpha value is -2.16. The Morgan fingerprint density at radius 2 is 2.04 bits per heavy atom. The Kier molecular flexibility index (Phi) is 6.30. The molecule has 2 atom stereocenters. The second-order valence-corrected chi connectivity index (χ2v) is 7.01. The van der Waals surface area contributed by atoms with Gasteiger partial charge in [-0.3, -0.25) is 10.1 Å². The van der Waals surface area contributed by atoms with E-state index in [9.17, 15) is 14.9 Å². The minimum absolute atomic E-state index is 0.0830. The van der Waals surface area contributed by atoms with Crippen molar-refractivity contribution in [2.45, 2.75) is 44.7 Å². The Morgan fingerprint density at radius 1 is 1.46 bits per heavy atom. The zero-order valence-electron chi connectivity index (χ0n) is 14.4. The van der Waals surface area contributed by atoms with Gasteiger partial charge in [0.15, 0.2) is 0 Å². The van der Waals surface area contributed by atoms with Gasteiger partial charge in [-0.15, -0.1) is 0 Å². The van der Waals surface area contributed by atoms with Gasteiger partial charge in [-0.1, -0.05) is 0 Å². The van der Waals surface area contributed by atoms with Crippen LogP contribution in [0.5, 0.6) is 0 Å². The first-order valence-corrected chi connectivity index (χ1v) is 7.88. The molecule has 0 radical (unpaired) electrons. The lowest BCUT2D eigenvalue weighted by Crippen LogP contribution is -2.45. The van der Waals surface area contributed by atoms with Crippen LogP contribution in [-0.2, 0) is 4.74 Å². The number of nitrogens with two attached hydrogens (primary N) is 1. The SMILES string of the molecule is C[C@@H]([C@H](S)Nc1cc([N+](=O)[O-])ccc1N)N(C)C(=O)OC(C)(C)C. The van der Waals surface area contributed by atoms with Crippen LogP contribution in [-0.4, -0.2) is 40.0 Å². The maximum atomic E-state index is 12.1. The number of amides is 1. The highest BCUT2D eigenvalue weighted by Gasteiger charge is 2.27. The summed E-state index contributed by atoms with van der Waals surface area (Å²) in [5.41, 5.74) is 5.88. The molecule has 134 valence electrons. The van der Waals surface area contributed by atoms with Crippen molar-refractivity contribution in [3.8, 4) is 0 Å². The number of rotatable bonds is 5. The van der Waals surface area contributed by atoms with Crippen LogP contribution in [0, 0.1) is 10.1 Å². The molecule has 0 unspecified atom stereocenters. The van der Waals surface area contributed by atoms with Gasteiger partial charge in [-0.2, -0.15) is 12.6 Å². The van der Waals surface area contributed by atoms with Crippen molar-refractivity contribution in [3.05, 3.63) is 28.3 Å². The third-order valence-corrected chi connectivity index (χ3v) is 3.86. The molecule has 0 aliphatic heterocycles. The predicted octanol–water partition coefficient (Wildman–Crippen LogP) is 3.10. The van der Waals surface area contributed by atoms with Crippen LogP contribution < -0.4 is 11.1 Å². The smallest absolute Gasteiger partial charge is 0.410 e. The number of carbonyl (C=O) groups excluding carboxylic acids is 1. The first-order chi connectivity index (χ1) is 10.9. The molecule has 3 N–H and O–H groups in total. The molecule has 0 bridgehead atoms. The lowest BCUT2D eigenvalue weighted by Gasteiger charge is -2.32. The normalized spacial score (nSPS) is 13.8. The van der Waals surface area contributed by atoms with E-state index in [1.807, 2.05) is 0 Å². The Morgan fingerprint density at radius 3 is 2.54 bits per heavy atom. The van der Waals surface area contributed by atoms with Crippen molar-refractivity contribution in [2.24, 2.45) is 0 Å². The van der Waals surface area contributed by atoms with E-state index >= 15 is 0 Å². The average molecular weight is 356 g/mol. The third-order valence-electron chi connectivity index (χ3n) is 3.30. The second kappa shape index (κ2) is 7.61. The van der Waals surface area contributed by atoms with Gasteiger partial charge in [-0.05, 0) is 33.8 Å². The topological polar surface area (TPSA) is 111 Å². The van der Waals surface area contributed by atoms with Crippen molar-refractivity contribution in [1.82, 2.24) is 4.90 Å². The predicted molar refractivity (Wildman–Crippen MR) is 97.4 cm³/mol. The van der Waals surface area contributed by atoms with Gasteiger partial charge in [0.2, 0.25) is 0 Å². The minimum Gasteiger partial charge on any atom is -0.444 e. The number of hydrogen-bond acceptors (Lipinski definition) is 7. The minimum atomic E-state index is -0.602. The van der Waals surface area contributed by atoms with Crippen molar-refractivity contribution < 1.29 is 14.5 Å². The molecule has 24 heavy (non-hydrogen) atoms. The van der Waals surface area contributed by atoms with E-state index < -0.39 is 22.0 Å². The van der Waals surface area contributed by atoms with Crippen molar-refractivity contribution >= 4 is 35.8 Å². The van der Waals surface area contributed by atoms with Crippen molar-refractivity contribution in [2.75, 3.05) is 18.1 Å². The standard InChI is InChI=1S/C15H24N4O4S/c1-9(18(5)14(20)23-15(2,3)4)13(24)17-12-8-10(19(21)22)6-7-11(12)16/h6-9,13,17,24H,16H2,1-5H3/t9-,13-/m0/s1. The fourth-order valence-electron chi connectivity index (χ4n) is 1.77. The number of carbonyl (C=O) groups is 1. The van der Waals surface area contributed by atoms with E-state index in [4.69, 9.17) is 10.5 Å². The van der Waals surface area contributed by atoms with Gasteiger partial charge in [0.25, 0.3) is 5.69 Å². The zero-order valence-corrected chi connectivity index (χ0v) is 15.3. The first kappa shape index (κ1) is 19.9. The number of thiol groups is 1. The Labute approximate surface area is 146 Å². The molecule has 1 aromatic carbocycles. The number of ether oxygens (including phenoxy) is 1. The molecule has 0 aliphatic rings. The molecule has 0 fully saturated rings. The molecule has 8 nitrogen and oxygen atoms in total. The summed E-state index contributed by atoms with van der Waals surface area (Å²) in [6.45, 7) is 7.12. The molecule has 0 spiro atoms. The second-order valence-electron chi connectivity index (χ2n) is 6.45.